The zero-order chi connectivity index (χ0) is 19.0. The maximum absolute atomic E-state index is 11.0. The van der Waals surface area contributed by atoms with E-state index in [0.29, 0.717) is 12.2 Å². The average molecular weight is 346 g/mol. The molecule has 3 N–H and O–H groups in total. The first-order valence-corrected chi connectivity index (χ1v) is 7.59. The van der Waals surface area contributed by atoms with E-state index < -0.39 is 10.9 Å². The number of nitro benzene ring substituents is 1. The summed E-state index contributed by atoms with van der Waals surface area (Å²) in [5, 5.41) is 19.8. The minimum atomic E-state index is -1.18. The van der Waals surface area contributed by atoms with Gasteiger partial charge in [-0.2, -0.15) is 0 Å². The molecule has 2 aromatic rings. The highest BCUT2D eigenvalue weighted by Gasteiger charge is 2.14. The van der Waals surface area contributed by atoms with Gasteiger partial charge in [0.05, 0.1) is 17.1 Å². The lowest BCUT2D eigenvalue weighted by molar-refractivity contribution is -0.384. The molecule has 2 aromatic carbocycles. The summed E-state index contributed by atoms with van der Waals surface area (Å²) in [5.41, 5.74) is 7.29. The minimum Gasteiger partial charge on any atom is -0.478 e. The van der Waals surface area contributed by atoms with Crippen LogP contribution in [0.5, 0.6) is 0 Å². The number of carboxylic acids is 1. The van der Waals surface area contributed by atoms with Crippen LogP contribution in [-0.4, -0.2) is 35.8 Å². The maximum atomic E-state index is 11.0. The van der Waals surface area contributed by atoms with Gasteiger partial charge in [-0.25, -0.2) is 4.79 Å². The molecule has 0 aliphatic heterocycles. The van der Waals surface area contributed by atoms with Crippen molar-refractivity contribution >= 4 is 11.7 Å². The Bertz CT molecular complexity index is 694. The van der Waals surface area contributed by atoms with E-state index in [2.05, 4.69) is 4.74 Å². The highest BCUT2D eigenvalue weighted by molar-refractivity contribution is 5.90. The molecule has 7 heteroatoms. The van der Waals surface area contributed by atoms with Crippen molar-refractivity contribution in [1.29, 1.82) is 0 Å². The second-order valence-corrected chi connectivity index (χ2v) is 5.63. The smallest absolute Gasteiger partial charge is 0.335 e. The number of methoxy groups -OCH3 is 1. The van der Waals surface area contributed by atoms with Crippen LogP contribution in [0, 0.1) is 17.0 Å². The predicted molar refractivity (Wildman–Crippen MR) is 95.8 cm³/mol. The number of aromatic carboxylic acids is 1. The van der Waals surface area contributed by atoms with Crippen molar-refractivity contribution in [3.05, 3.63) is 63.7 Å². The molecule has 0 fully saturated rings. The number of rotatable bonds is 5. The molecule has 1 atom stereocenters. The molecule has 2 rings (SSSR count). The number of benzene rings is 2. The van der Waals surface area contributed by atoms with Gasteiger partial charge in [0.1, 0.15) is 0 Å². The van der Waals surface area contributed by atoms with E-state index in [1.807, 2.05) is 26.0 Å². The third-order valence-electron chi connectivity index (χ3n) is 3.19. The predicted octanol–water partition coefficient (Wildman–Crippen LogP) is 3.25. The molecule has 0 saturated carbocycles. The molecule has 0 aliphatic rings. The average Bonchev–Trinajstić information content (AvgIpc) is 2.55. The number of carboxylic acid groups (broad SMARTS) is 1. The van der Waals surface area contributed by atoms with E-state index in [9.17, 15) is 14.9 Å². The number of aryl methyl sites for hydroxylation is 1. The SMILES string of the molecule is COCC(C)N.Cc1ccc(-c2cc(C(=O)O)cc([N+](=O)[O-])c2)cc1. The zero-order valence-corrected chi connectivity index (χ0v) is 14.4. The van der Waals surface area contributed by atoms with Gasteiger partial charge in [0.25, 0.3) is 5.69 Å². The number of hydrogen-bond acceptors (Lipinski definition) is 5. The Labute approximate surface area is 146 Å². The molecular weight excluding hydrogens is 324 g/mol. The molecule has 0 amide bonds. The minimum absolute atomic E-state index is 0.0928. The second kappa shape index (κ2) is 9.51. The molecule has 25 heavy (non-hydrogen) atoms. The number of hydrogen-bond donors (Lipinski definition) is 2. The lowest BCUT2D eigenvalue weighted by Gasteiger charge is -2.04. The lowest BCUT2D eigenvalue weighted by atomic mass is 10.0. The first-order valence-electron chi connectivity index (χ1n) is 7.59. The normalized spacial score (nSPS) is 11.2. The Morgan fingerprint density at radius 1 is 1.24 bits per heavy atom. The molecule has 0 aromatic heterocycles. The van der Waals surface area contributed by atoms with Crippen molar-refractivity contribution in [2.24, 2.45) is 5.73 Å². The van der Waals surface area contributed by atoms with Crippen LogP contribution >= 0.6 is 0 Å². The van der Waals surface area contributed by atoms with Gasteiger partial charge >= 0.3 is 5.97 Å². The van der Waals surface area contributed by atoms with E-state index in [0.717, 1.165) is 17.2 Å². The molecule has 0 bridgehead atoms. The fraction of sp³-hybridized carbons (Fsp3) is 0.278. The monoisotopic (exact) mass is 346 g/mol. The van der Waals surface area contributed by atoms with E-state index in [-0.39, 0.29) is 17.3 Å². The topological polar surface area (TPSA) is 116 Å². The van der Waals surface area contributed by atoms with Crippen molar-refractivity contribution in [1.82, 2.24) is 0 Å². The molecule has 0 radical (unpaired) electrons. The van der Waals surface area contributed by atoms with Gasteiger partial charge < -0.3 is 15.6 Å². The van der Waals surface area contributed by atoms with Crippen molar-refractivity contribution in [2.45, 2.75) is 19.9 Å². The molecule has 0 aliphatic carbocycles. The van der Waals surface area contributed by atoms with Gasteiger partial charge in [0.2, 0.25) is 0 Å². The first-order chi connectivity index (χ1) is 11.7. The first kappa shape index (κ1) is 20.3. The van der Waals surface area contributed by atoms with Crippen molar-refractivity contribution < 1.29 is 19.6 Å². The van der Waals surface area contributed by atoms with Crippen LogP contribution in [0.1, 0.15) is 22.8 Å². The Kier molecular flexibility index (Phi) is 7.71. The molecule has 0 saturated heterocycles. The van der Waals surface area contributed by atoms with E-state index in [4.69, 9.17) is 10.8 Å². The third kappa shape index (κ3) is 6.70. The molecule has 1 unspecified atom stereocenters. The Hall–Kier alpha value is -2.77. The number of ether oxygens (including phenoxy) is 1. The Morgan fingerprint density at radius 2 is 1.84 bits per heavy atom. The van der Waals surface area contributed by atoms with Crippen molar-refractivity contribution in [3.8, 4) is 11.1 Å². The highest BCUT2D eigenvalue weighted by Crippen LogP contribution is 2.26. The van der Waals surface area contributed by atoms with Gasteiger partial charge in [-0.3, -0.25) is 10.1 Å². The number of nitrogens with two attached hydrogens (primary N) is 1. The number of nitro groups is 1. The van der Waals surface area contributed by atoms with Gasteiger partial charge in [0.15, 0.2) is 0 Å². The van der Waals surface area contributed by atoms with Crippen molar-refractivity contribution in [3.63, 3.8) is 0 Å². The number of non-ortho nitro benzene ring substituents is 1. The van der Waals surface area contributed by atoms with Gasteiger partial charge in [-0.1, -0.05) is 29.8 Å². The molecule has 7 nitrogen and oxygen atoms in total. The fourth-order valence-corrected chi connectivity index (χ4v) is 2.02. The summed E-state index contributed by atoms with van der Waals surface area (Å²) < 4.78 is 4.68. The summed E-state index contributed by atoms with van der Waals surface area (Å²) in [4.78, 5) is 21.2. The summed E-state index contributed by atoms with van der Waals surface area (Å²) in [5.74, 6) is -1.18. The van der Waals surface area contributed by atoms with Crippen molar-refractivity contribution in [2.75, 3.05) is 13.7 Å². The van der Waals surface area contributed by atoms with Gasteiger partial charge in [-0.05, 0) is 31.0 Å². The van der Waals surface area contributed by atoms with Crippen LogP contribution in [0.4, 0.5) is 5.69 Å². The van der Waals surface area contributed by atoms with E-state index in [1.54, 1.807) is 19.2 Å². The van der Waals surface area contributed by atoms with Gasteiger partial charge in [0, 0.05) is 25.3 Å². The number of nitrogens with zero attached hydrogens (tertiary/aromatic N) is 1. The summed E-state index contributed by atoms with van der Waals surface area (Å²) in [7, 11) is 1.64. The second-order valence-electron chi connectivity index (χ2n) is 5.63. The quantitative estimate of drug-likeness (QED) is 0.634. The Balaban J connectivity index is 0.000000450. The summed E-state index contributed by atoms with van der Waals surface area (Å²) >= 11 is 0. The largest absolute Gasteiger partial charge is 0.478 e. The maximum Gasteiger partial charge on any atom is 0.335 e. The van der Waals surface area contributed by atoms with Crippen LogP contribution < -0.4 is 5.73 Å². The summed E-state index contributed by atoms with van der Waals surface area (Å²) in [6.07, 6.45) is 0. The van der Waals surface area contributed by atoms with Crippen LogP contribution in [0.2, 0.25) is 0 Å². The summed E-state index contributed by atoms with van der Waals surface area (Å²) in [6, 6.07) is 11.4. The van der Waals surface area contributed by atoms with Crippen LogP contribution in [0.25, 0.3) is 11.1 Å². The standard InChI is InChI=1S/C14H11NO4.C4H11NO/c1-9-2-4-10(5-3-9)11-6-12(14(16)17)8-13(7-11)15(18)19;1-4(5)3-6-2/h2-8H,1H3,(H,16,17);4H,3,5H2,1-2H3. The van der Waals surface area contributed by atoms with Crippen LogP contribution in [-0.2, 0) is 4.74 Å². The molecule has 134 valence electrons. The third-order valence-corrected chi connectivity index (χ3v) is 3.19. The molecule has 0 heterocycles. The number of carbonyl (C=O) groups is 1. The van der Waals surface area contributed by atoms with Gasteiger partial charge in [-0.15, -0.1) is 0 Å². The Morgan fingerprint density at radius 3 is 2.24 bits per heavy atom. The lowest BCUT2D eigenvalue weighted by Crippen LogP contribution is -2.20. The van der Waals surface area contributed by atoms with Crippen LogP contribution in [0.15, 0.2) is 42.5 Å². The van der Waals surface area contributed by atoms with E-state index >= 15 is 0 Å². The highest BCUT2D eigenvalue weighted by atomic mass is 16.6. The summed E-state index contributed by atoms with van der Waals surface area (Å²) in [6.45, 7) is 4.49. The molecular formula is C18H22N2O5. The fourth-order valence-electron chi connectivity index (χ4n) is 2.02. The van der Waals surface area contributed by atoms with E-state index in [1.165, 1.54) is 12.1 Å². The van der Waals surface area contributed by atoms with Crippen LogP contribution in [0.3, 0.4) is 0 Å². The zero-order valence-electron chi connectivity index (χ0n) is 14.4. The molecule has 0 spiro atoms.